The Balaban J connectivity index is 2.08. The smallest absolute Gasteiger partial charge is 0.259 e. The van der Waals surface area contributed by atoms with E-state index in [9.17, 15) is 9.59 Å². The predicted molar refractivity (Wildman–Crippen MR) is 74.9 cm³/mol. The number of likely N-dealkylation sites (tertiary alicyclic amines) is 1. The zero-order chi connectivity index (χ0) is 13.4. The molecule has 5 nitrogen and oxygen atoms in total. The SMILES string of the molecule is O=C(c1ccc2c(=O)[nH]c(=S)[nH]c2c1)N1CCCC1. The van der Waals surface area contributed by atoms with Gasteiger partial charge in [0.15, 0.2) is 4.77 Å². The Hall–Kier alpha value is -1.95. The minimum Gasteiger partial charge on any atom is -0.339 e. The third-order valence-corrected chi connectivity index (χ3v) is 3.58. The number of H-pyrrole nitrogens is 2. The summed E-state index contributed by atoms with van der Waals surface area (Å²) in [4.78, 5) is 31.2. The first-order valence-electron chi connectivity index (χ1n) is 6.21. The fourth-order valence-corrected chi connectivity index (χ4v) is 2.61. The number of nitrogens with one attached hydrogen (secondary N) is 2. The van der Waals surface area contributed by atoms with Crippen LogP contribution >= 0.6 is 12.2 Å². The van der Waals surface area contributed by atoms with Gasteiger partial charge in [-0.1, -0.05) is 0 Å². The number of aromatic amines is 2. The van der Waals surface area contributed by atoms with Crippen LogP contribution in [0.4, 0.5) is 0 Å². The van der Waals surface area contributed by atoms with Crippen molar-refractivity contribution < 1.29 is 4.79 Å². The van der Waals surface area contributed by atoms with Gasteiger partial charge in [-0.05, 0) is 43.3 Å². The topological polar surface area (TPSA) is 69.0 Å². The Kier molecular flexibility index (Phi) is 2.94. The van der Waals surface area contributed by atoms with Crippen LogP contribution in [-0.2, 0) is 0 Å². The standard InChI is InChI=1S/C13H13N3O2S/c17-11-9-4-3-8(7-10(9)14-13(19)15-11)12(18)16-5-1-2-6-16/h3-4,7H,1-2,5-6H2,(H2,14,15,17,19). The lowest BCUT2D eigenvalue weighted by Crippen LogP contribution is -2.27. The second-order valence-corrected chi connectivity index (χ2v) is 5.08. The molecule has 1 aliphatic rings. The summed E-state index contributed by atoms with van der Waals surface area (Å²) in [6, 6.07) is 5.04. The van der Waals surface area contributed by atoms with E-state index >= 15 is 0 Å². The minimum absolute atomic E-state index is 0.0130. The summed E-state index contributed by atoms with van der Waals surface area (Å²) in [5.74, 6) is 0.0130. The summed E-state index contributed by atoms with van der Waals surface area (Å²) in [6.45, 7) is 1.62. The van der Waals surface area contributed by atoms with Crippen molar-refractivity contribution in [3.63, 3.8) is 0 Å². The first-order valence-corrected chi connectivity index (χ1v) is 6.61. The van der Waals surface area contributed by atoms with Crippen molar-refractivity contribution in [2.24, 2.45) is 0 Å². The summed E-state index contributed by atoms with van der Waals surface area (Å²) in [5, 5.41) is 0.506. The van der Waals surface area contributed by atoms with Crippen LogP contribution in [0.3, 0.4) is 0 Å². The van der Waals surface area contributed by atoms with Crippen molar-refractivity contribution >= 4 is 29.0 Å². The van der Waals surface area contributed by atoms with E-state index in [0.29, 0.717) is 16.5 Å². The Morgan fingerprint density at radius 1 is 1.21 bits per heavy atom. The van der Waals surface area contributed by atoms with Crippen LogP contribution in [0.25, 0.3) is 10.9 Å². The van der Waals surface area contributed by atoms with E-state index in [-0.39, 0.29) is 16.2 Å². The molecule has 0 bridgehead atoms. The second kappa shape index (κ2) is 4.62. The zero-order valence-electron chi connectivity index (χ0n) is 10.2. The van der Waals surface area contributed by atoms with E-state index < -0.39 is 0 Å². The van der Waals surface area contributed by atoms with Crippen molar-refractivity contribution in [2.75, 3.05) is 13.1 Å². The lowest BCUT2D eigenvalue weighted by Gasteiger charge is -2.15. The number of rotatable bonds is 1. The predicted octanol–water partition coefficient (Wildman–Crippen LogP) is 1.82. The molecule has 1 fully saturated rings. The van der Waals surface area contributed by atoms with Crippen molar-refractivity contribution in [1.29, 1.82) is 0 Å². The molecule has 1 amide bonds. The van der Waals surface area contributed by atoms with Gasteiger partial charge in [0.05, 0.1) is 10.9 Å². The molecule has 1 aliphatic heterocycles. The molecule has 0 radical (unpaired) electrons. The van der Waals surface area contributed by atoms with Crippen LogP contribution in [0.15, 0.2) is 23.0 Å². The summed E-state index contributed by atoms with van der Waals surface area (Å²) < 4.78 is 0.267. The summed E-state index contributed by atoms with van der Waals surface area (Å²) in [5.41, 5.74) is 0.948. The van der Waals surface area contributed by atoms with E-state index in [1.54, 1.807) is 18.2 Å². The van der Waals surface area contributed by atoms with Crippen molar-refractivity contribution in [2.45, 2.75) is 12.8 Å². The van der Waals surface area contributed by atoms with Gasteiger partial charge >= 0.3 is 0 Å². The maximum atomic E-state index is 12.3. The van der Waals surface area contributed by atoms with Gasteiger partial charge < -0.3 is 9.88 Å². The number of hydrogen-bond donors (Lipinski definition) is 2. The highest BCUT2D eigenvalue weighted by molar-refractivity contribution is 7.71. The lowest BCUT2D eigenvalue weighted by atomic mass is 10.1. The highest BCUT2D eigenvalue weighted by Gasteiger charge is 2.19. The molecule has 0 aliphatic carbocycles. The molecule has 3 rings (SSSR count). The van der Waals surface area contributed by atoms with Gasteiger partial charge in [-0.15, -0.1) is 0 Å². The van der Waals surface area contributed by atoms with Crippen LogP contribution < -0.4 is 5.56 Å². The number of carbonyl (C=O) groups excluding carboxylic acids is 1. The average Bonchev–Trinajstić information content (AvgIpc) is 2.90. The highest BCUT2D eigenvalue weighted by Crippen LogP contribution is 2.15. The molecule has 0 unspecified atom stereocenters. The van der Waals surface area contributed by atoms with Crippen LogP contribution in [-0.4, -0.2) is 33.9 Å². The summed E-state index contributed by atoms with van der Waals surface area (Å²) in [6.07, 6.45) is 2.11. The molecule has 2 heterocycles. The molecule has 1 aromatic heterocycles. The molecule has 0 atom stereocenters. The largest absolute Gasteiger partial charge is 0.339 e. The fraction of sp³-hybridized carbons (Fsp3) is 0.308. The van der Waals surface area contributed by atoms with E-state index in [1.807, 2.05) is 4.90 Å². The lowest BCUT2D eigenvalue weighted by molar-refractivity contribution is 0.0793. The van der Waals surface area contributed by atoms with Gasteiger partial charge in [-0.2, -0.15) is 0 Å². The number of benzene rings is 1. The maximum Gasteiger partial charge on any atom is 0.259 e. The molecular weight excluding hydrogens is 262 g/mol. The molecule has 0 spiro atoms. The molecule has 2 N–H and O–H groups in total. The highest BCUT2D eigenvalue weighted by atomic mass is 32.1. The molecule has 6 heteroatoms. The van der Waals surface area contributed by atoms with Crippen LogP contribution in [0.5, 0.6) is 0 Å². The van der Waals surface area contributed by atoms with E-state index in [2.05, 4.69) is 9.97 Å². The van der Waals surface area contributed by atoms with Crippen molar-refractivity contribution in [3.05, 3.63) is 38.9 Å². The van der Waals surface area contributed by atoms with E-state index in [1.165, 1.54) is 0 Å². The molecular formula is C13H13N3O2S. The second-order valence-electron chi connectivity index (χ2n) is 4.67. The van der Waals surface area contributed by atoms with Crippen LogP contribution in [0.2, 0.25) is 0 Å². The zero-order valence-corrected chi connectivity index (χ0v) is 11.0. The van der Waals surface area contributed by atoms with Crippen molar-refractivity contribution in [1.82, 2.24) is 14.9 Å². The molecule has 2 aromatic rings. The van der Waals surface area contributed by atoms with Gasteiger partial charge in [0, 0.05) is 18.7 Å². The molecule has 1 aromatic carbocycles. The number of fused-ring (bicyclic) bond motifs is 1. The molecule has 1 saturated heterocycles. The summed E-state index contributed by atoms with van der Waals surface area (Å²) >= 11 is 4.94. The Labute approximate surface area is 114 Å². The van der Waals surface area contributed by atoms with Gasteiger partial charge in [0.2, 0.25) is 0 Å². The minimum atomic E-state index is -0.237. The van der Waals surface area contributed by atoms with Crippen LogP contribution in [0.1, 0.15) is 23.2 Å². The Bertz CT molecular complexity index is 756. The van der Waals surface area contributed by atoms with Crippen LogP contribution in [0, 0.1) is 4.77 Å². The molecule has 0 saturated carbocycles. The maximum absolute atomic E-state index is 12.3. The Morgan fingerprint density at radius 3 is 2.68 bits per heavy atom. The van der Waals surface area contributed by atoms with Gasteiger partial charge in [-0.3, -0.25) is 14.6 Å². The number of nitrogens with zero attached hydrogens (tertiary/aromatic N) is 1. The average molecular weight is 275 g/mol. The third-order valence-electron chi connectivity index (χ3n) is 3.38. The van der Waals surface area contributed by atoms with E-state index in [0.717, 1.165) is 25.9 Å². The summed E-state index contributed by atoms with van der Waals surface area (Å²) in [7, 11) is 0. The third kappa shape index (κ3) is 2.19. The first-order chi connectivity index (χ1) is 9.15. The van der Waals surface area contributed by atoms with Gasteiger partial charge in [0.1, 0.15) is 0 Å². The van der Waals surface area contributed by atoms with E-state index in [4.69, 9.17) is 12.2 Å². The van der Waals surface area contributed by atoms with Gasteiger partial charge in [0.25, 0.3) is 11.5 Å². The first kappa shape index (κ1) is 12.1. The number of aromatic nitrogens is 2. The number of hydrogen-bond acceptors (Lipinski definition) is 3. The van der Waals surface area contributed by atoms with Gasteiger partial charge in [-0.25, -0.2) is 0 Å². The number of carbonyl (C=O) groups is 1. The normalized spacial score (nSPS) is 15.1. The molecule has 98 valence electrons. The quantitative estimate of drug-likeness (QED) is 0.780. The fourth-order valence-electron chi connectivity index (χ4n) is 2.41. The van der Waals surface area contributed by atoms with Crippen molar-refractivity contribution in [3.8, 4) is 0 Å². The monoisotopic (exact) mass is 275 g/mol. The Morgan fingerprint density at radius 2 is 1.95 bits per heavy atom. The molecule has 19 heavy (non-hydrogen) atoms. The number of amides is 1.